The van der Waals surface area contributed by atoms with Gasteiger partial charge in [-0.3, -0.25) is 4.79 Å². The summed E-state index contributed by atoms with van der Waals surface area (Å²) in [7, 11) is 4.04. The van der Waals surface area contributed by atoms with Gasteiger partial charge in [-0.1, -0.05) is 12.1 Å². The average molecular weight is 242 g/mol. The van der Waals surface area contributed by atoms with Crippen LogP contribution in [0.1, 0.15) is 21.7 Å². The van der Waals surface area contributed by atoms with Crippen molar-refractivity contribution in [2.24, 2.45) is 0 Å². The third-order valence-electron chi connectivity index (χ3n) is 3.20. The van der Waals surface area contributed by atoms with E-state index < -0.39 is 0 Å². The average Bonchev–Trinajstić information content (AvgIpc) is 2.64. The Hall–Kier alpha value is -2.03. The van der Waals surface area contributed by atoms with Gasteiger partial charge in [-0.25, -0.2) is 0 Å². The first-order valence-corrected chi connectivity index (χ1v) is 5.97. The number of carbonyl (C=O) groups excluding carboxylic acids is 1. The summed E-state index contributed by atoms with van der Waals surface area (Å²) in [5.41, 5.74) is 5.05. The van der Waals surface area contributed by atoms with Gasteiger partial charge in [-0.15, -0.1) is 0 Å². The van der Waals surface area contributed by atoms with Crippen LogP contribution in [-0.4, -0.2) is 24.9 Å². The van der Waals surface area contributed by atoms with Gasteiger partial charge in [0.1, 0.15) is 0 Å². The molecule has 1 heterocycles. The first-order chi connectivity index (χ1) is 8.56. The second kappa shape index (κ2) is 4.69. The molecule has 0 aliphatic carbocycles. The number of benzene rings is 1. The summed E-state index contributed by atoms with van der Waals surface area (Å²) in [5.74, 6) is 0. The Kier molecular flexibility index (Phi) is 3.24. The number of carbonyl (C=O) groups is 1. The summed E-state index contributed by atoms with van der Waals surface area (Å²) in [6, 6.07) is 10.1. The van der Waals surface area contributed by atoms with Gasteiger partial charge in [-0.05, 0) is 32.0 Å². The summed E-state index contributed by atoms with van der Waals surface area (Å²) in [6.07, 6.45) is 0.914. The molecule has 0 saturated heterocycles. The van der Waals surface area contributed by atoms with Gasteiger partial charge < -0.3 is 9.47 Å². The lowest BCUT2D eigenvalue weighted by molar-refractivity contribution is 0.112. The second-order valence-electron chi connectivity index (χ2n) is 4.66. The van der Waals surface area contributed by atoms with Crippen molar-refractivity contribution in [1.29, 1.82) is 0 Å². The first kappa shape index (κ1) is 12.4. The van der Waals surface area contributed by atoms with Crippen molar-refractivity contribution < 1.29 is 4.79 Å². The van der Waals surface area contributed by atoms with Crippen LogP contribution >= 0.6 is 0 Å². The van der Waals surface area contributed by atoms with Crippen molar-refractivity contribution in [1.82, 2.24) is 4.57 Å². The van der Waals surface area contributed by atoms with Crippen LogP contribution in [0, 0.1) is 13.8 Å². The number of aromatic nitrogens is 1. The minimum atomic E-state index is 0.751. The Bertz CT molecular complexity index is 582. The number of hydrogen-bond donors (Lipinski definition) is 0. The lowest BCUT2D eigenvalue weighted by atomic mass is 10.2. The van der Waals surface area contributed by atoms with E-state index in [1.165, 1.54) is 0 Å². The van der Waals surface area contributed by atoms with Gasteiger partial charge in [0.2, 0.25) is 0 Å². The molecule has 0 saturated carbocycles. The molecular formula is C15H18N2O. The van der Waals surface area contributed by atoms with Crippen LogP contribution < -0.4 is 4.90 Å². The van der Waals surface area contributed by atoms with Gasteiger partial charge in [0.25, 0.3) is 0 Å². The topological polar surface area (TPSA) is 25.2 Å². The molecule has 0 aliphatic rings. The summed E-state index contributed by atoms with van der Waals surface area (Å²) < 4.78 is 2.12. The summed E-state index contributed by atoms with van der Waals surface area (Å²) in [5, 5.41) is 0. The highest BCUT2D eigenvalue weighted by Crippen LogP contribution is 2.27. The molecule has 0 bridgehead atoms. The van der Waals surface area contributed by atoms with E-state index in [0.717, 1.165) is 34.6 Å². The van der Waals surface area contributed by atoms with E-state index in [9.17, 15) is 4.79 Å². The van der Waals surface area contributed by atoms with Crippen molar-refractivity contribution in [3.05, 3.63) is 47.3 Å². The largest absolute Gasteiger partial charge is 0.376 e. The summed E-state index contributed by atoms with van der Waals surface area (Å²) >= 11 is 0. The molecule has 0 aliphatic heterocycles. The Morgan fingerprint density at radius 3 is 2.39 bits per heavy atom. The monoisotopic (exact) mass is 242 g/mol. The Balaban J connectivity index is 2.69. The third-order valence-corrected chi connectivity index (χ3v) is 3.20. The number of hydrogen-bond acceptors (Lipinski definition) is 2. The molecule has 3 nitrogen and oxygen atoms in total. The first-order valence-electron chi connectivity index (χ1n) is 5.97. The molecule has 0 radical (unpaired) electrons. The van der Waals surface area contributed by atoms with Gasteiger partial charge in [0.15, 0.2) is 6.29 Å². The smallest absolute Gasteiger partial charge is 0.151 e. The molecule has 2 rings (SSSR count). The number of aldehydes is 1. The summed E-state index contributed by atoms with van der Waals surface area (Å²) in [4.78, 5) is 13.1. The lowest BCUT2D eigenvalue weighted by Crippen LogP contribution is -2.13. The fourth-order valence-electron chi connectivity index (χ4n) is 2.31. The third kappa shape index (κ3) is 1.92. The Morgan fingerprint density at radius 2 is 1.83 bits per heavy atom. The van der Waals surface area contributed by atoms with Crippen molar-refractivity contribution in [2.45, 2.75) is 13.8 Å². The van der Waals surface area contributed by atoms with Gasteiger partial charge in [0, 0.05) is 31.0 Å². The van der Waals surface area contributed by atoms with Crippen molar-refractivity contribution in [3.63, 3.8) is 0 Å². The van der Waals surface area contributed by atoms with E-state index >= 15 is 0 Å². The fourth-order valence-corrected chi connectivity index (χ4v) is 2.31. The van der Waals surface area contributed by atoms with E-state index in [2.05, 4.69) is 21.6 Å². The molecule has 2 aromatic rings. The van der Waals surface area contributed by atoms with Crippen LogP contribution in [0.5, 0.6) is 0 Å². The normalized spacial score (nSPS) is 10.4. The van der Waals surface area contributed by atoms with E-state index in [-0.39, 0.29) is 0 Å². The molecule has 1 aromatic carbocycles. The van der Waals surface area contributed by atoms with E-state index in [1.54, 1.807) is 0 Å². The Morgan fingerprint density at radius 1 is 1.17 bits per heavy atom. The number of rotatable bonds is 3. The van der Waals surface area contributed by atoms with Crippen molar-refractivity contribution in [2.75, 3.05) is 19.0 Å². The molecular weight excluding hydrogens is 224 g/mol. The lowest BCUT2D eigenvalue weighted by Gasteiger charge is -2.20. The van der Waals surface area contributed by atoms with Crippen LogP contribution in [0.25, 0.3) is 5.69 Å². The number of nitrogens with zero attached hydrogens (tertiary/aromatic N) is 2. The number of aryl methyl sites for hydroxylation is 1. The maximum Gasteiger partial charge on any atom is 0.151 e. The van der Waals surface area contributed by atoms with E-state index in [0.29, 0.717) is 0 Å². The van der Waals surface area contributed by atoms with Crippen molar-refractivity contribution >= 4 is 12.0 Å². The predicted molar refractivity (Wildman–Crippen MR) is 75.0 cm³/mol. The van der Waals surface area contributed by atoms with Crippen LogP contribution in [0.2, 0.25) is 0 Å². The molecule has 0 fully saturated rings. The fraction of sp³-hybridized carbons (Fsp3) is 0.267. The highest BCUT2D eigenvalue weighted by molar-refractivity contribution is 5.78. The SMILES string of the molecule is Cc1cc(C=O)c(C)n1-c1ccccc1N(C)C. The molecule has 1 aromatic heterocycles. The zero-order chi connectivity index (χ0) is 13.3. The van der Waals surface area contributed by atoms with E-state index in [1.807, 2.05) is 46.1 Å². The molecule has 18 heavy (non-hydrogen) atoms. The van der Waals surface area contributed by atoms with E-state index in [4.69, 9.17) is 0 Å². The molecule has 0 amide bonds. The predicted octanol–water partition coefficient (Wildman–Crippen LogP) is 2.97. The molecule has 94 valence electrons. The molecule has 0 atom stereocenters. The zero-order valence-electron chi connectivity index (χ0n) is 11.3. The zero-order valence-corrected chi connectivity index (χ0v) is 11.3. The molecule has 3 heteroatoms. The molecule has 0 unspecified atom stereocenters. The van der Waals surface area contributed by atoms with Crippen LogP contribution in [0.4, 0.5) is 5.69 Å². The Labute approximate surface area is 108 Å². The van der Waals surface area contributed by atoms with Gasteiger partial charge in [0.05, 0.1) is 11.4 Å². The molecule has 0 spiro atoms. The van der Waals surface area contributed by atoms with Crippen LogP contribution in [-0.2, 0) is 0 Å². The number of para-hydroxylation sites is 2. The quantitative estimate of drug-likeness (QED) is 0.773. The minimum absolute atomic E-state index is 0.751. The van der Waals surface area contributed by atoms with Crippen molar-refractivity contribution in [3.8, 4) is 5.69 Å². The van der Waals surface area contributed by atoms with Crippen LogP contribution in [0.15, 0.2) is 30.3 Å². The van der Waals surface area contributed by atoms with Gasteiger partial charge >= 0.3 is 0 Å². The molecule has 0 N–H and O–H groups in total. The maximum atomic E-state index is 11.0. The highest BCUT2D eigenvalue weighted by Gasteiger charge is 2.13. The number of anilines is 1. The maximum absolute atomic E-state index is 11.0. The minimum Gasteiger partial charge on any atom is -0.376 e. The van der Waals surface area contributed by atoms with Crippen LogP contribution in [0.3, 0.4) is 0 Å². The highest BCUT2D eigenvalue weighted by atomic mass is 16.1. The van der Waals surface area contributed by atoms with Gasteiger partial charge in [-0.2, -0.15) is 0 Å². The second-order valence-corrected chi connectivity index (χ2v) is 4.66. The standard InChI is InChI=1S/C15H18N2O/c1-11-9-13(10-18)12(2)17(11)15-8-6-5-7-14(15)16(3)4/h5-10H,1-4H3. The summed E-state index contributed by atoms with van der Waals surface area (Å²) in [6.45, 7) is 4.00.